The lowest BCUT2D eigenvalue weighted by Crippen LogP contribution is -2.75. The monoisotopic (exact) mass is 928 g/mol. The minimum atomic E-state index is -4.04. The first kappa shape index (κ1) is 52.3. The standard InChI is InChI=1S/C32H64O16Si8/c1-25(2)29(33)37-21-49(9,10)41-53(17)45-54(18,42-50(11,12)22-38-30(34)26(3)4)47-56(20,44-52(15,16)24-40-32(36)28(7)8)48-55(19,46-53)43-51(13,14)23-39-31(35)27(5)6/h1,3,5,7,21-24H2,2,4,6,8-20H3. The van der Waals surface area contributed by atoms with Gasteiger partial charge in [0, 0.05) is 48.5 Å². The second-order valence-electron chi connectivity index (χ2n) is 16.7. The van der Waals surface area contributed by atoms with Crippen molar-refractivity contribution in [3.05, 3.63) is 48.6 Å². The molecule has 0 aromatic heterocycles. The fourth-order valence-electron chi connectivity index (χ4n) is 5.17. The molecule has 0 radical (unpaired) electrons. The SMILES string of the molecule is C=C(C)C(=O)OC[Si](C)(C)O[Si]1(C)O[Si](C)(O[Si](C)(C)COC(=O)C(=C)C)O[Si](C)(O[Si](C)(C)COC(=O)C(=C)C)O[Si](C)(O[Si](C)(C)COC(=O)C(=C)C)O1. The van der Waals surface area contributed by atoms with Gasteiger partial charge in [-0.05, 0) is 80.1 Å². The summed E-state index contributed by atoms with van der Waals surface area (Å²) >= 11 is 0. The molecule has 1 saturated heterocycles. The molecular weight excluding hydrogens is 865 g/mol. The number of carbonyl (C=O) groups is 4. The molecule has 0 unspecified atom stereocenters. The molecule has 1 rings (SSSR count). The average molecular weight is 930 g/mol. The predicted molar refractivity (Wildman–Crippen MR) is 228 cm³/mol. The minimum absolute atomic E-state index is 0.0690. The van der Waals surface area contributed by atoms with E-state index in [0.29, 0.717) is 0 Å². The highest BCUT2D eigenvalue weighted by molar-refractivity contribution is 6.96. The Morgan fingerprint density at radius 2 is 0.536 bits per heavy atom. The lowest BCUT2D eigenvalue weighted by atomic mass is 10.4. The quantitative estimate of drug-likeness (QED) is 0.0613. The molecule has 320 valence electrons. The van der Waals surface area contributed by atoms with Crippen LogP contribution in [0, 0.1) is 0 Å². The Bertz CT molecular complexity index is 1310. The number of hydrogen-bond acceptors (Lipinski definition) is 16. The molecule has 1 aliphatic rings. The summed E-state index contributed by atoms with van der Waals surface area (Å²) in [5, 5.41) is 0. The van der Waals surface area contributed by atoms with Gasteiger partial charge in [0.1, 0.15) is 24.9 Å². The van der Waals surface area contributed by atoms with Gasteiger partial charge in [0.25, 0.3) is 0 Å². The van der Waals surface area contributed by atoms with E-state index in [1.54, 1.807) is 53.9 Å². The van der Waals surface area contributed by atoms with Gasteiger partial charge in [0.15, 0.2) is 0 Å². The van der Waals surface area contributed by atoms with Crippen LogP contribution in [0.2, 0.25) is 78.6 Å². The molecule has 1 aliphatic heterocycles. The highest BCUT2D eigenvalue weighted by Crippen LogP contribution is 2.38. The second-order valence-corrected chi connectivity index (χ2v) is 45.4. The number of carbonyl (C=O) groups excluding carboxylic acids is 4. The zero-order chi connectivity index (χ0) is 43.9. The van der Waals surface area contributed by atoms with Gasteiger partial charge in [-0.15, -0.1) is 0 Å². The van der Waals surface area contributed by atoms with Crippen LogP contribution in [0.25, 0.3) is 0 Å². The molecule has 56 heavy (non-hydrogen) atoms. The van der Waals surface area contributed by atoms with Crippen LogP contribution >= 0.6 is 0 Å². The summed E-state index contributed by atoms with van der Waals surface area (Å²) in [6, 6.07) is 0. The van der Waals surface area contributed by atoms with Crippen molar-refractivity contribution in [3.63, 3.8) is 0 Å². The van der Waals surface area contributed by atoms with Gasteiger partial charge < -0.3 is 51.9 Å². The molecular formula is C32H64O16Si8. The Balaban J connectivity index is 3.93. The third-order valence-electron chi connectivity index (χ3n) is 6.93. The molecule has 0 aromatic rings. The third-order valence-corrected chi connectivity index (χ3v) is 36.9. The van der Waals surface area contributed by atoms with E-state index in [-0.39, 0.29) is 47.2 Å². The smallest absolute Gasteiger partial charge is 0.463 e. The lowest BCUT2D eigenvalue weighted by molar-refractivity contribution is -0.138. The van der Waals surface area contributed by atoms with Crippen LogP contribution in [0.15, 0.2) is 48.6 Å². The summed E-state index contributed by atoms with van der Waals surface area (Å²) in [5.74, 6) is -2.31. The van der Waals surface area contributed by atoms with Gasteiger partial charge in [-0.25, -0.2) is 19.2 Å². The maximum atomic E-state index is 12.4. The first-order valence-electron chi connectivity index (χ1n) is 17.9. The first-order valence-corrected chi connectivity index (χ1v) is 39.2. The molecule has 1 heterocycles. The Hall–Kier alpha value is -1.74. The molecule has 1 fully saturated rings. The molecule has 24 heteroatoms. The van der Waals surface area contributed by atoms with E-state index in [0.717, 1.165) is 0 Å². The summed E-state index contributed by atoms with van der Waals surface area (Å²) in [6.45, 7) is 42.1. The van der Waals surface area contributed by atoms with E-state index < -0.39 is 92.4 Å². The minimum Gasteiger partial charge on any atom is -0.463 e. The van der Waals surface area contributed by atoms with Crippen LogP contribution in [0.3, 0.4) is 0 Å². The van der Waals surface area contributed by atoms with Crippen molar-refractivity contribution < 1.29 is 71.0 Å². The number of rotatable bonds is 20. The second kappa shape index (κ2) is 19.5. The van der Waals surface area contributed by atoms with Crippen molar-refractivity contribution in [1.82, 2.24) is 0 Å². The Kier molecular flexibility index (Phi) is 18.2. The van der Waals surface area contributed by atoms with E-state index in [1.807, 2.05) is 52.4 Å². The van der Waals surface area contributed by atoms with Gasteiger partial charge >= 0.3 is 59.1 Å². The molecule has 0 aliphatic carbocycles. The van der Waals surface area contributed by atoms with Crippen molar-refractivity contribution in [3.8, 4) is 0 Å². The maximum absolute atomic E-state index is 12.4. The van der Waals surface area contributed by atoms with Crippen molar-refractivity contribution in [2.24, 2.45) is 0 Å². The largest absolute Gasteiger partial charge is 0.472 e. The summed E-state index contributed by atoms with van der Waals surface area (Å²) in [5.41, 5.74) is 0.905. The molecule has 0 amide bonds. The van der Waals surface area contributed by atoms with Crippen molar-refractivity contribution in [2.45, 2.75) is 106 Å². The van der Waals surface area contributed by atoms with Gasteiger partial charge in [-0.1, -0.05) is 26.3 Å². The van der Waals surface area contributed by atoms with Crippen LogP contribution in [-0.4, -0.2) is 117 Å². The van der Waals surface area contributed by atoms with E-state index in [4.69, 9.17) is 51.9 Å². The molecule has 0 spiro atoms. The van der Waals surface area contributed by atoms with Crippen LogP contribution in [-0.2, 0) is 71.0 Å². The van der Waals surface area contributed by atoms with Crippen LogP contribution < -0.4 is 0 Å². The van der Waals surface area contributed by atoms with Gasteiger partial charge in [0.2, 0.25) is 33.3 Å². The third kappa shape index (κ3) is 18.5. The Morgan fingerprint density at radius 1 is 0.393 bits per heavy atom. The molecule has 0 atom stereocenters. The van der Waals surface area contributed by atoms with Crippen molar-refractivity contribution in [2.75, 3.05) is 24.9 Å². The lowest BCUT2D eigenvalue weighted by Gasteiger charge is -2.51. The fraction of sp³-hybridized carbons (Fsp3) is 0.625. The fourth-order valence-corrected chi connectivity index (χ4v) is 41.4. The van der Waals surface area contributed by atoms with Gasteiger partial charge in [-0.2, -0.15) is 0 Å². The molecule has 0 N–H and O–H groups in total. The van der Waals surface area contributed by atoms with E-state index in [2.05, 4.69) is 26.3 Å². The molecule has 0 saturated carbocycles. The number of ether oxygens (including phenoxy) is 4. The van der Waals surface area contributed by atoms with Crippen molar-refractivity contribution in [1.29, 1.82) is 0 Å². The zero-order valence-electron chi connectivity index (χ0n) is 36.2. The van der Waals surface area contributed by atoms with Crippen LogP contribution in [0.5, 0.6) is 0 Å². The summed E-state index contributed by atoms with van der Waals surface area (Å²) in [4.78, 5) is 49.6. The van der Waals surface area contributed by atoms with E-state index in [9.17, 15) is 19.2 Å². The van der Waals surface area contributed by atoms with E-state index in [1.165, 1.54) is 0 Å². The Morgan fingerprint density at radius 3 is 0.661 bits per heavy atom. The topological polar surface area (TPSA) is 179 Å². The van der Waals surface area contributed by atoms with Crippen LogP contribution in [0.4, 0.5) is 0 Å². The van der Waals surface area contributed by atoms with E-state index >= 15 is 0 Å². The first-order chi connectivity index (χ1) is 25.0. The Labute approximate surface area is 341 Å². The summed E-state index contributed by atoms with van der Waals surface area (Å²) in [6.07, 6.45) is -0.276. The van der Waals surface area contributed by atoms with Gasteiger partial charge in [-0.3, -0.25) is 0 Å². The highest BCUT2D eigenvalue weighted by Gasteiger charge is 2.66. The number of hydrogen-bond donors (Lipinski definition) is 0. The molecule has 16 nitrogen and oxygen atoms in total. The summed E-state index contributed by atoms with van der Waals surface area (Å²) in [7, 11) is -28.2. The molecule has 0 bridgehead atoms. The normalized spacial score (nSPS) is 24.9. The van der Waals surface area contributed by atoms with Crippen molar-refractivity contribution >= 4 is 92.4 Å². The molecule has 0 aromatic carbocycles. The van der Waals surface area contributed by atoms with Gasteiger partial charge in [0.05, 0.1) is 0 Å². The average Bonchev–Trinajstić information content (AvgIpc) is 2.96. The summed E-state index contributed by atoms with van der Waals surface area (Å²) < 4.78 is 77.0. The number of esters is 4. The predicted octanol–water partition coefficient (Wildman–Crippen LogP) is 5.86. The highest BCUT2D eigenvalue weighted by atomic mass is 28.6. The van der Waals surface area contributed by atoms with Crippen LogP contribution in [0.1, 0.15) is 27.7 Å². The maximum Gasteiger partial charge on any atom is 0.472 e. The zero-order valence-corrected chi connectivity index (χ0v) is 44.2.